The van der Waals surface area contributed by atoms with Crippen LogP contribution in [0.1, 0.15) is 28.9 Å². The molecule has 0 atom stereocenters. The van der Waals surface area contributed by atoms with E-state index < -0.39 is 0 Å². The monoisotopic (exact) mass is 297 g/mol. The van der Waals surface area contributed by atoms with Gasteiger partial charge in [-0.25, -0.2) is 4.79 Å². The molecule has 0 aliphatic heterocycles. The first kappa shape index (κ1) is 13.0. The summed E-state index contributed by atoms with van der Waals surface area (Å²) >= 11 is 0. The Kier molecular flexibility index (Phi) is 2.92. The van der Waals surface area contributed by atoms with Crippen molar-refractivity contribution in [1.29, 1.82) is 0 Å². The minimum absolute atomic E-state index is 0.180. The predicted molar refractivity (Wildman–Crippen MR) is 76.7 cm³/mol. The van der Waals surface area contributed by atoms with E-state index in [4.69, 9.17) is 9.15 Å². The van der Waals surface area contributed by atoms with E-state index in [1.165, 1.54) is 0 Å². The Bertz CT molecular complexity index is 899. The van der Waals surface area contributed by atoms with Crippen LogP contribution in [0.5, 0.6) is 5.75 Å². The number of aromatic nitrogens is 4. The largest absolute Gasteiger partial charge is 0.488 e. The minimum Gasteiger partial charge on any atom is -0.488 e. The van der Waals surface area contributed by atoms with Crippen molar-refractivity contribution in [2.75, 3.05) is 0 Å². The van der Waals surface area contributed by atoms with Gasteiger partial charge in [-0.05, 0) is 49.4 Å². The Morgan fingerprint density at radius 1 is 1.32 bits per heavy atom. The maximum absolute atomic E-state index is 12.0. The summed E-state index contributed by atoms with van der Waals surface area (Å²) < 4.78 is 11.3. The second-order valence-corrected chi connectivity index (χ2v) is 5.42. The van der Waals surface area contributed by atoms with Gasteiger partial charge in [-0.3, -0.25) is 10.3 Å². The average Bonchev–Trinajstić information content (AvgIpc) is 3.16. The average molecular weight is 297 g/mol. The van der Waals surface area contributed by atoms with Gasteiger partial charge in [-0.1, -0.05) is 0 Å². The zero-order valence-corrected chi connectivity index (χ0v) is 12.0. The summed E-state index contributed by atoms with van der Waals surface area (Å²) in [5.74, 6) is 1.10. The van der Waals surface area contributed by atoms with Crippen LogP contribution < -0.4 is 15.5 Å². The lowest BCUT2D eigenvalue weighted by Gasteiger charge is -2.12. The van der Waals surface area contributed by atoms with E-state index in [0.717, 1.165) is 41.3 Å². The molecule has 2 heterocycles. The second kappa shape index (κ2) is 4.94. The van der Waals surface area contributed by atoms with Gasteiger partial charge in [0.2, 0.25) is 0 Å². The lowest BCUT2D eigenvalue weighted by atomic mass is 10.0. The summed E-state index contributed by atoms with van der Waals surface area (Å²) in [6.45, 7) is 2.11. The summed E-state index contributed by atoms with van der Waals surface area (Å²) in [7, 11) is 0. The third-order valence-electron chi connectivity index (χ3n) is 3.90. The molecule has 0 saturated heterocycles. The fourth-order valence-electron chi connectivity index (χ4n) is 2.98. The van der Waals surface area contributed by atoms with Gasteiger partial charge in [0, 0.05) is 11.4 Å². The number of hydrogen-bond donors (Lipinski definition) is 0. The Balaban J connectivity index is 1.86. The van der Waals surface area contributed by atoms with Crippen molar-refractivity contribution in [2.45, 2.75) is 32.8 Å². The fraction of sp³-hybridized carbons (Fsp3) is 0.333. The van der Waals surface area contributed by atoms with E-state index in [1.807, 2.05) is 19.1 Å². The summed E-state index contributed by atoms with van der Waals surface area (Å²) in [5.41, 5.74) is 3.11. The van der Waals surface area contributed by atoms with E-state index in [1.54, 1.807) is 0 Å². The fourth-order valence-corrected chi connectivity index (χ4v) is 2.98. The van der Waals surface area contributed by atoms with Crippen molar-refractivity contribution in [3.8, 4) is 5.75 Å². The van der Waals surface area contributed by atoms with Crippen LogP contribution >= 0.6 is 0 Å². The molecular formula is C15H13N4O3-. The highest BCUT2D eigenvalue weighted by molar-refractivity contribution is 5.88. The summed E-state index contributed by atoms with van der Waals surface area (Å²) in [5, 5.41) is 15.2. The molecule has 0 unspecified atom stereocenters. The normalized spacial score (nSPS) is 13.5. The molecule has 0 N–H and O–H groups in total. The molecule has 0 saturated carbocycles. The van der Waals surface area contributed by atoms with Crippen LogP contribution in [-0.4, -0.2) is 15.5 Å². The molecule has 0 spiro atoms. The predicted octanol–water partition coefficient (Wildman–Crippen LogP) is 1.31. The molecule has 0 fully saturated rings. The highest BCUT2D eigenvalue weighted by atomic mass is 16.5. The molecule has 112 valence electrons. The molecule has 1 aromatic carbocycles. The van der Waals surface area contributed by atoms with Gasteiger partial charge in [0.25, 0.3) is 0 Å². The maximum Gasteiger partial charge on any atom is 0.339 e. The molecule has 0 bridgehead atoms. The lowest BCUT2D eigenvalue weighted by molar-refractivity contribution is 0.298. The van der Waals surface area contributed by atoms with E-state index in [0.29, 0.717) is 17.2 Å². The van der Waals surface area contributed by atoms with Crippen LogP contribution in [-0.2, 0) is 19.4 Å². The molecule has 0 radical (unpaired) electrons. The number of fused-ring (bicyclic) bond motifs is 3. The van der Waals surface area contributed by atoms with Gasteiger partial charge in [0.05, 0.1) is 5.39 Å². The van der Waals surface area contributed by atoms with Crippen molar-refractivity contribution >= 4 is 11.0 Å². The number of nitrogens with zero attached hydrogens (tertiary/aromatic N) is 4. The van der Waals surface area contributed by atoms with Crippen LogP contribution in [0.3, 0.4) is 0 Å². The number of rotatable bonds is 3. The zero-order chi connectivity index (χ0) is 15.1. The van der Waals surface area contributed by atoms with Gasteiger partial charge in [0.15, 0.2) is 0 Å². The Labute approximate surface area is 125 Å². The van der Waals surface area contributed by atoms with E-state index in [2.05, 4.69) is 20.6 Å². The molecule has 1 aliphatic rings. The highest BCUT2D eigenvalue weighted by Gasteiger charge is 2.22. The zero-order valence-electron chi connectivity index (χ0n) is 12.0. The first-order valence-electron chi connectivity index (χ1n) is 7.12. The molecular weight excluding hydrogens is 284 g/mol. The van der Waals surface area contributed by atoms with Crippen LogP contribution in [0, 0.1) is 6.92 Å². The number of benzene rings is 1. The molecule has 3 aromatic rings. The smallest absolute Gasteiger partial charge is 0.339 e. The van der Waals surface area contributed by atoms with Crippen molar-refractivity contribution in [1.82, 2.24) is 20.6 Å². The molecule has 4 rings (SSSR count). The molecule has 0 amide bonds. The maximum atomic E-state index is 12.0. The van der Waals surface area contributed by atoms with Crippen molar-refractivity contribution in [3.63, 3.8) is 0 Å². The van der Waals surface area contributed by atoms with Gasteiger partial charge >= 0.3 is 5.63 Å². The summed E-state index contributed by atoms with van der Waals surface area (Å²) in [4.78, 5) is 12.0. The topological polar surface area (TPSA) is 92.2 Å². The van der Waals surface area contributed by atoms with Gasteiger partial charge in [0.1, 0.15) is 17.9 Å². The SMILES string of the molecule is Cc1cc(OCc2nnn[n-]2)c2c3c(c(=O)oc2c1)CCC3. The first-order chi connectivity index (χ1) is 10.7. The minimum atomic E-state index is -0.232. The number of aryl methyl sites for hydroxylation is 2. The van der Waals surface area contributed by atoms with Crippen molar-refractivity contribution in [2.24, 2.45) is 0 Å². The Morgan fingerprint density at radius 3 is 3.00 bits per heavy atom. The molecule has 7 heteroatoms. The van der Waals surface area contributed by atoms with Crippen LogP contribution in [0.2, 0.25) is 0 Å². The lowest BCUT2D eigenvalue weighted by Crippen LogP contribution is -2.08. The van der Waals surface area contributed by atoms with E-state index in [-0.39, 0.29) is 12.2 Å². The standard InChI is InChI=1S/C15H13N4O3/c1-8-5-11(21-7-13-16-18-19-17-13)14-9-3-2-4-10(9)15(20)22-12(14)6-8/h5-6H,2-4,7H2,1H3/q-1. The molecule has 7 nitrogen and oxygen atoms in total. The van der Waals surface area contributed by atoms with E-state index >= 15 is 0 Å². The Hall–Kier alpha value is -2.70. The molecule has 22 heavy (non-hydrogen) atoms. The number of hydrogen-bond acceptors (Lipinski definition) is 6. The number of tetrazole rings is 1. The van der Waals surface area contributed by atoms with Crippen molar-refractivity contribution < 1.29 is 9.15 Å². The quantitative estimate of drug-likeness (QED) is 0.673. The third kappa shape index (κ3) is 2.05. The third-order valence-corrected chi connectivity index (χ3v) is 3.90. The molecule has 1 aliphatic carbocycles. The molecule has 2 aromatic heterocycles. The summed E-state index contributed by atoms with van der Waals surface area (Å²) in [6, 6.07) is 3.80. The Morgan fingerprint density at radius 2 is 2.18 bits per heavy atom. The second-order valence-electron chi connectivity index (χ2n) is 5.42. The highest BCUT2D eigenvalue weighted by Crippen LogP contribution is 2.35. The van der Waals surface area contributed by atoms with Gasteiger partial charge in [-0.15, -0.1) is 0 Å². The van der Waals surface area contributed by atoms with E-state index in [9.17, 15) is 4.79 Å². The van der Waals surface area contributed by atoms with Crippen LogP contribution in [0.15, 0.2) is 21.3 Å². The number of ether oxygens (including phenoxy) is 1. The summed E-state index contributed by atoms with van der Waals surface area (Å²) in [6.07, 6.45) is 2.60. The van der Waals surface area contributed by atoms with Crippen LogP contribution in [0.25, 0.3) is 11.0 Å². The van der Waals surface area contributed by atoms with Gasteiger partial charge < -0.3 is 14.3 Å². The van der Waals surface area contributed by atoms with Crippen LogP contribution in [0.4, 0.5) is 0 Å². The van der Waals surface area contributed by atoms with Crippen molar-refractivity contribution in [3.05, 3.63) is 45.1 Å². The first-order valence-corrected chi connectivity index (χ1v) is 7.12. The van der Waals surface area contributed by atoms with Gasteiger partial charge in [-0.2, -0.15) is 5.21 Å².